The van der Waals surface area contributed by atoms with Crippen molar-refractivity contribution in [2.24, 2.45) is 0 Å². The molecule has 1 fully saturated rings. The zero-order chi connectivity index (χ0) is 20.8. The Morgan fingerprint density at radius 2 is 2.00 bits per heavy atom. The van der Waals surface area contributed by atoms with E-state index in [1.165, 1.54) is 12.0 Å². The number of amides is 1. The third-order valence-corrected chi connectivity index (χ3v) is 7.17. The van der Waals surface area contributed by atoms with Gasteiger partial charge in [-0.25, -0.2) is 9.67 Å². The van der Waals surface area contributed by atoms with Gasteiger partial charge < -0.3 is 4.90 Å². The summed E-state index contributed by atoms with van der Waals surface area (Å²) in [6.07, 6.45) is 5.29. The number of rotatable bonds is 3. The van der Waals surface area contributed by atoms with Gasteiger partial charge in [0.25, 0.3) is 5.56 Å². The standard InChI is InChI=1S/C22H25N5O2S/c1-14-6-7-18(15(2)10-14)27-20-17(12-23-27)21(29)26-16(13-30-22(26)24-20)11-19(28)25-8-4-3-5-9-25/h6-7,10,12,16H,3-5,8-9,11,13H2,1-2H3. The summed E-state index contributed by atoms with van der Waals surface area (Å²) in [5.41, 5.74) is 3.66. The van der Waals surface area contributed by atoms with Crippen molar-refractivity contribution in [1.82, 2.24) is 24.2 Å². The van der Waals surface area contributed by atoms with Crippen LogP contribution in [-0.2, 0) is 4.79 Å². The van der Waals surface area contributed by atoms with Gasteiger partial charge >= 0.3 is 0 Å². The predicted octanol–water partition coefficient (Wildman–Crippen LogP) is 3.25. The fourth-order valence-corrected chi connectivity index (χ4v) is 5.60. The molecule has 0 spiro atoms. The second-order valence-corrected chi connectivity index (χ2v) is 9.25. The molecule has 30 heavy (non-hydrogen) atoms. The maximum absolute atomic E-state index is 13.3. The highest BCUT2D eigenvalue weighted by Gasteiger charge is 2.31. The molecule has 4 heterocycles. The van der Waals surface area contributed by atoms with Gasteiger partial charge in [0.05, 0.1) is 17.9 Å². The Balaban J connectivity index is 1.50. The van der Waals surface area contributed by atoms with Crippen LogP contribution >= 0.6 is 11.8 Å². The number of benzene rings is 1. The van der Waals surface area contributed by atoms with Crippen molar-refractivity contribution in [3.63, 3.8) is 0 Å². The molecular weight excluding hydrogens is 398 g/mol. The van der Waals surface area contributed by atoms with Gasteiger partial charge in [0.2, 0.25) is 5.91 Å². The second kappa shape index (κ2) is 7.58. The first-order valence-corrected chi connectivity index (χ1v) is 11.5. The molecule has 2 aliphatic rings. The van der Waals surface area contributed by atoms with Gasteiger partial charge in [0.15, 0.2) is 10.8 Å². The van der Waals surface area contributed by atoms with Crippen LogP contribution in [0, 0.1) is 13.8 Å². The quantitative estimate of drug-likeness (QED) is 0.605. The third-order valence-electron chi connectivity index (χ3n) is 6.07. The zero-order valence-corrected chi connectivity index (χ0v) is 18.1. The second-order valence-electron chi connectivity index (χ2n) is 8.26. The first kappa shape index (κ1) is 19.4. The van der Waals surface area contributed by atoms with E-state index in [2.05, 4.69) is 18.1 Å². The van der Waals surface area contributed by atoms with Crippen molar-refractivity contribution in [1.29, 1.82) is 0 Å². The van der Waals surface area contributed by atoms with Crippen molar-refractivity contribution in [2.45, 2.75) is 50.7 Å². The number of carbonyl (C=O) groups excluding carboxylic acids is 1. The van der Waals surface area contributed by atoms with Crippen molar-refractivity contribution in [3.8, 4) is 5.69 Å². The lowest BCUT2D eigenvalue weighted by Gasteiger charge is -2.28. The summed E-state index contributed by atoms with van der Waals surface area (Å²) in [4.78, 5) is 32.8. The molecule has 1 atom stereocenters. The maximum atomic E-state index is 13.3. The van der Waals surface area contributed by atoms with Crippen molar-refractivity contribution < 1.29 is 4.79 Å². The van der Waals surface area contributed by atoms with Gasteiger partial charge in [-0.3, -0.25) is 14.2 Å². The molecule has 2 aromatic heterocycles. The Bertz CT molecular complexity index is 1190. The summed E-state index contributed by atoms with van der Waals surface area (Å²) in [5, 5.41) is 5.65. The molecule has 1 amide bonds. The molecule has 1 saturated heterocycles. The number of likely N-dealkylation sites (tertiary alicyclic amines) is 1. The van der Waals surface area contributed by atoms with Gasteiger partial charge in [-0.15, -0.1) is 0 Å². The minimum Gasteiger partial charge on any atom is -0.343 e. The van der Waals surface area contributed by atoms with Crippen LogP contribution in [0.3, 0.4) is 0 Å². The zero-order valence-electron chi connectivity index (χ0n) is 17.3. The fourth-order valence-electron chi connectivity index (χ4n) is 4.47. The van der Waals surface area contributed by atoms with Crippen molar-refractivity contribution >= 4 is 28.7 Å². The van der Waals surface area contributed by atoms with Gasteiger partial charge in [-0.1, -0.05) is 29.5 Å². The van der Waals surface area contributed by atoms with Gasteiger partial charge in [-0.05, 0) is 44.7 Å². The molecular formula is C22H25N5O2S. The van der Waals surface area contributed by atoms with Crippen LogP contribution in [0.1, 0.15) is 42.9 Å². The minimum atomic E-state index is -0.145. The molecule has 5 rings (SSSR count). The molecule has 0 aliphatic carbocycles. The first-order chi connectivity index (χ1) is 14.5. The molecule has 1 unspecified atom stereocenters. The summed E-state index contributed by atoms with van der Waals surface area (Å²) >= 11 is 1.55. The monoisotopic (exact) mass is 423 g/mol. The van der Waals surface area contributed by atoms with E-state index < -0.39 is 0 Å². The fraction of sp³-hybridized carbons (Fsp3) is 0.455. The lowest BCUT2D eigenvalue weighted by Crippen LogP contribution is -2.37. The van der Waals surface area contributed by atoms with E-state index in [0.29, 0.717) is 28.4 Å². The van der Waals surface area contributed by atoms with Crippen LogP contribution in [0.15, 0.2) is 34.3 Å². The van der Waals surface area contributed by atoms with E-state index in [1.54, 1.807) is 27.2 Å². The number of hydrogen-bond acceptors (Lipinski definition) is 5. The van der Waals surface area contributed by atoms with Gasteiger partial charge in [0, 0.05) is 25.3 Å². The molecule has 2 aliphatic heterocycles. The average Bonchev–Trinajstić information content (AvgIpc) is 3.34. The molecule has 0 N–H and O–H groups in total. The van der Waals surface area contributed by atoms with E-state index in [4.69, 9.17) is 4.98 Å². The van der Waals surface area contributed by atoms with Crippen LogP contribution < -0.4 is 5.56 Å². The molecule has 7 nitrogen and oxygen atoms in total. The molecule has 0 bridgehead atoms. The predicted molar refractivity (Wildman–Crippen MR) is 117 cm³/mol. The van der Waals surface area contributed by atoms with Crippen LogP contribution in [-0.4, -0.2) is 49.0 Å². The number of hydrogen-bond donors (Lipinski definition) is 0. The molecule has 8 heteroatoms. The number of piperidine rings is 1. The van der Waals surface area contributed by atoms with Gasteiger partial charge in [0.1, 0.15) is 5.39 Å². The summed E-state index contributed by atoms with van der Waals surface area (Å²) < 4.78 is 3.46. The van der Waals surface area contributed by atoms with Crippen LogP contribution in [0.5, 0.6) is 0 Å². The highest BCUT2D eigenvalue weighted by Crippen LogP contribution is 2.34. The lowest BCUT2D eigenvalue weighted by atomic mass is 10.1. The van der Waals surface area contributed by atoms with Crippen LogP contribution in [0.2, 0.25) is 0 Å². The van der Waals surface area contributed by atoms with E-state index in [-0.39, 0.29) is 17.5 Å². The van der Waals surface area contributed by atoms with Crippen molar-refractivity contribution in [2.75, 3.05) is 18.8 Å². The molecule has 3 aromatic rings. The average molecular weight is 424 g/mol. The topological polar surface area (TPSA) is 73.0 Å². The SMILES string of the molecule is Cc1ccc(-n2ncc3c(=O)n4c(nc32)SCC4CC(=O)N2CCCCC2)c(C)c1. The Labute approximate surface area is 179 Å². The maximum Gasteiger partial charge on any atom is 0.265 e. The number of thioether (sulfide) groups is 1. The smallest absolute Gasteiger partial charge is 0.265 e. The normalized spacial score (nSPS) is 18.7. The first-order valence-electron chi connectivity index (χ1n) is 10.5. The van der Waals surface area contributed by atoms with E-state index in [9.17, 15) is 9.59 Å². The molecule has 1 aromatic carbocycles. The highest BCUT2D eigenvalue weighted by atomic mass is 32.2. The lowest BCUT2D eigenvalue weighted by molar-refractivity contribution is -0.132. The highest BCUT2D eigenvalue weighted by molar-refractivity contribution is 7.99. The molecule has 156 valence electrons. The van der Waals surface area contributed by atoms with Crippen LogP contribution in [0.25, 0.3) is 16.7 Å². The number of aromatic nitrogens is 4. The number of carbonyl (C=O) groups is 1. The summed E-state index contributed by atoms with van der Waals surface area (Å²) in [5.74, 6) is 0.844. The van der Waals surface area contributed by atoms with E-state index in [1.807, 2.05) is 24.0 Å². The Morgan fingerprint density at radius 1 is 1.20 bits per heavy atom. The molecule has 0 saturated carbocycles. The summed E-state index contributed by atoms with van der Waals surface area (Å²) in [7, 11) is 0. The summed E-state index contributed by atoms with van der Waals surface area (Å²) in [6.45, 7) is 5.76. The Hall–Kier alpha value is -2.61. The van der Waals surface area contributed by atoms with Crippen molar-refractivity contribution in [3.05, 3.63) is 45.9 Å². The summed E-state index contributed by atoms with van der Waals surface area (Å²) in [6, 6.07) is 6.00. The minimum absolute atomic E-state index is 0.104. The largest absolute Gasteiger partial charge is 0.343 e. The Morgan fingerprint density at radius 3 is 2.77 bits per heavy atom. The van der Waals surface area contributed by atoms with E-state index >= 15 is 0 Å². The van der Waals surface area contributed by atoms with E-state index in [0.717, 1.165) is 37.2 Å². The third kappa shape index (κ3) is 3.23. The number of fused-ring (bicyclic) bond motifs is 2. The number of aryl methyl sites for hydroxylation is 2. The Kier molecular flexibility index (Phi) is 4.89. The van der Waals surface area contributed by atoms with Gasteiger partial charge in [-0.2, -0.15) is 5.10 Å². The molecule has 0 radical (unpaired) electrons. The van der Waals surface area contributed by atoms with Crippen LogP contribution in [0.4, 0.5) is 0 Å². The number of nitrogens with zero attached hydrogens (tertiary/aromatic N) is 5.